The molecule has 17 heavy (non-hydrogen) atoms. The highest BCUT2D eigenvalue weighted by Crippen LogP contribution is 2.31. The van der Waals surface area contributed by atoms with E-state index in [0.29, 0.717) is 6.54 Å². The van der Waals surface area contributed by atoms with Crippen molar-refractivity contribution in [2.24, 2.45) is 5.73 Å². The molecule has 0 bridgehead atoms. The molecule has 0 aliphatic heterocycles. The Bertz CT molecular complexity index is 627. The van der Waals surface area contributed by atoms with Crippen LogP contribution in [0.1, 0.15) is 10.4 Å². The maximum Gasteiger partial charge on any atom is 0.137 e. The number of aromatic nitrogens is 3. The molecule has 86 valence electrons. The van der Waals surface area contributed by atoms with Crippen LogP contribution in [0, 0.1) is 0 Å². The standard InChI is InChI=1S/C12H12N4S/c13-5-12-10(6-16-8-14-7-15-16)9-3-1-2-4-11(9)17-12/h1-4,7-8H,5-6,13H2. The summed E-state index contributed by atoms with van der Waals surface area (Å²) in [6.07, 6.45) is 3.28. The first-order valence-corrected chi connectivity index (χ1v) is 6.22. The predicted molar refractivity (Wildman–Crippen MR) is 68.8 cm³/mol. The van der Waals surface area contributed by atoms with E-state index >= 15 is 0 Å². The van der Waals surface area contributed by atoms with Crippen molar-refractivity contribution in [3.63, 3.8) is 0 Å². The van der Waals surface area contributed by atoms with Gasteiger partial charge in [0.05, 0.1) is 6.54 Å². The van der Waals surface area contributed by atoms with Crippen molar-refractivity contribution >= 4 is 21.4 Å². The van der Waals surface area contributed by atoms with E-state index in [1.54, 1.807) is 24.0 Å². The van der Waals surface area contributed by atoms with Gasteiger partial charge in [0, 0.05) is 16.1 Å². The van der Waals surface area contributed by atoms with Gasteiger partial charge in [-0.2, -0.15) is 5.10 Å². The topological polar surface area (TPSA) is 56.7 Å². The van der Waals surface area contributed by atoms with Gasteiger partial charge in [-0.05, 0) is 17.0 Å². The second-order valence-electron chi connectivity index (χ2n) is 3.80. The lowest BCUT2D eigenvalue weighted by Gasteiger charge is -2.02. The molecule has 0 spiro atoms. The Balaban J connectivity index is 2.12. The van der Waals surface area contributed by atoms with Gasteiger partial charge in [0.2, 0.25) is 0 Å². The van der Waals surface area contributed by atoms with Crippen molar-refractivity contribution in [1.82, 2.24) is 14.8 Å². The molecule has 0 aliphatic carbocycles. The molecule has 0 saturated carbocycles. The Labute approximate surface area is 103 Å². The molecule has 1 aromatic carbocycles. The van der Waals surface area contributed by atoms with Crippen LogP contribution < -0.4 is 5.73 Å². The van der Waals surface area contributed by atoms with Gasteiger partial charge in [0.25, 0.3) is 0 Å². The predicted octanol–water partition coefficient (Wildman–Crippen LogP) is 2.00. The van der Waals surface area contributed by atoms with E-state index in [4.69, 9.17) is 5.73 Å². The summed E-state index contributed by atoms with van der Waals surface area (Å²) in [7, 11) is 0. The van der Waals surface area contributed by atoms with Crippen LogP contribution >= 0.6 is 11.3 Å². The molecule has 0 unspecified atom stereocenters. The molecule has 0 amide bonds. The molecule has 0 aliphatic rings. The molecule has 3 rings (SSSR count). The molecular weight excluding hydrogens is 232 g/mol. The largest absolute Gasteiger partial charge is 0.326 e. The average molecular weight is 244 g/mol. The van der Waals surface area contributed by atoms with Crippen molar-refractivity contribution in [2.75, 3.05) is 0 Å². The Hall–Kier alpha value is -1.72. The Morgan fingerprint density at radius 3 is 2.94 bits per heavy atom. The van der Waals surface area contributed by atoms with Crippen LogP contribution in [0.2, 0.25) is 0 Å². The van der Waals surface area contributed by atoms with Crippen LogP contribution in [0.5, 0.6) is 0 Å². The highest BCUT2D eigenvalue weighted by atomic mass is 32.1. The zero-order valence-electron chi connectivity index (χ0n) is 9.21. The number of thiophene rings is 1. The highest BCUT2D eigenvalue weighted by molar-refractivity contribution is 7.19. The number of nitrogens with zero attached hydrogens (tertiary/aromatic N) is 3. The van der Waals surface area contributed by atoms with E-state index in [0.717, 1.165) is 6.54 Å². The van der Waals surface area contributed by atoms with Gasteiger partial charge < -0.3 is 5.73 Å². The van der Waals surface area contributed by atoms with Crippen molar-refractivity contribution in [3.8, 4) is 0 Å². The smallest absolute Gasteiger partial charge is 0.137 e. The van der Waals surface area contributed by atoms with Crippen LogP contribution in [0.4, 0.5) is 0 Å². The third-order valence-corrected chi connectivity index (χ3v) is 3.99. The maximum absolute atomic E-state index is 5.81. The SMILES string of the molecule is NCc1sc2ccccc2c1Cn1cncn1. The number of fused-ring (bicyclic) bond motifs is 1. The summed E-state index contributed by atoms with van der Waals surface area (Å²) in [5.74, 6) is 0. The minimum Gasteiger partial charge on any atom is -0.326 e. The second-order valence-corrected chi connectivity index (χ2v) is 4.93. The fraction of sp³-hybridized carbons (Fsp3) is 0.167. The Kier molecular flexibility index (Phi) is 2.62. The van der Waals surface area contributed by atoms with E-state index in [1.807, 2.05) is 4.68 Å². The zero-order chi connectivity index (χ0) is 11.7. The van der Waals surface area contributed by atoms with E-state index in [1.165, 1.54) is 20.5 Å². The molecule has 2 heterocycles. The summed E-state index contributed by atoms with van der Waals surface area (Å²) in [4.78, 5) is 5.19. The molecule has 2 N–H and O–H groups in total. The van der Waals surface area contributed by atoms with Crippen molar-refractivity contribution in [1.29, 1.82) is 0 Å². The first-order valence-electron chi connectivity index (χ1n) is 5.40. The molecule has 3 aromatic rings. The van der Waals surface area contributed by atoms with Gasteiger partial charge in [-0.3, -0.25) is 0 Å². The first-order chi connectivity index (χ1) is 8.38. The van der Waals surface area contributed by atoms with Gasteiger partial charge in [-0.1, -0.05) is 18.2 Å². The molecule has 0 saturated heterocycles. The van der Waals surface area contributed by atoms with Gasteiger partial charge in [0.15, 0.2) is 0 Å². The van der Waals surface area contributed by atoms with E-state index in [-0.39, 0.29) is 0 Å². The van der Waals surface area contributed by atoms with Crippen LogP contribution in [0.15, 0.2) is 36.9 Å². The highest BCUT2D eigenvalue weighted by Gasteiger charge is 2.11. The lowest BCUT2D eigenvalue weighted by atomic mass is 10.1. The summed E-state index contributed by atoms with van der Waals surface area (Å²) < 4.78 is 3.11. The summed E-state index contributed by atoms with van der Waals surface area (Å²) in [6, 6.07) is 8.37. The lowest BCUT2D eigenvalue weighted by Crippen LogP contribution is -2.04. The summed E-state index contributed by atoms with van der Waals surface area (Å²) in [5, 5.41) is 5.41. The van der Waals surface area contributed by atoms with Gasteiger partial charge in [-0.25, -0.2) is 9.67 Å². The van der Waals surface area contributed by atoms with E-state index < -0.39 is 0 Å². The Morgan fingerprint density at radius 2 is 2.18 bits per heavy atom. The lowest BCUT2D eigenvalue weighted by molar-refractivity contribution is 0.685. The Morgan fingerprint density at radius 1 is 1.29 bits per heavy atom. The van der Waals surface area contributed by atoms with Crippen molar-refractivity contribution in [2.45, 2.75) is 13.1 Å². The second kappa shape index (κ2) is 4.27. The van der Waals surface area contributed by atoms with Crippen molar-refractivity contribution in [3.05, 3.63) is 47.4 Å². The zero-order valence-corrected chi connectivity index (χ0v) is 10.0. The van der Waals surface area contributed by atoms with Gasteiger partial charge in [0.1, 0.15) is 12.7 Å². The van der Waals surface area contributed by atoms with E-state index in [9.17, 15) is 0 Å². The van der Waals surface area contributed by atoms with Crippen LogP contribution in [-0.4, -0.2) is 14.8 Å². The quantitative estimate of drug-likeness (QED) is 0.766. The van der Waals surface area contributed by atoms with Gasteiger partial charge >= 0.3 is 0 Å². The fourth-order valence-electron chi connectivity index (χ4n) is 1.96. The molecule has 4 nitrogen and oxygen atoms in total. The molecule has 5 heteroatoms. The summed E-state index contributed by atoms with van der Waals surface area (Å²) in [6.45, 7) is 1.31. The van der Waals surface area contributed by atoms with Gasteiger partial charge in [-0.15, -0.1) is 11.3 Å². The monoisotopic (exact) mass is 244 g/mol. The summed E-state index contributed by atoms with van der Waals surface area (Å²) >= 11 is 1.76. The fourth-order valence-corrected chi connectivity index (χ4v) is 3.06. The molecule has 0 atom stereocenters. The van der Waals surface area contributed by atoms with Crippen LogP contribution in [0.3, 0.4) is 0 Å². The first kappa shape index (κ1) is 10.4. The number of nitrogens with two attached hydrogens (primary N) is 1. The number of hydrogen-bond donors (Lipinski definition) is 1. The third-order valence-electron chi connectivity index (χ3n) is 2.75. The van der Waals surface area contributed by atoms with E-state index in [2.05, 4.69) is 34.3 Å². The molecule has 2 aromatic heterocycles. The molecule has 0 fully saturated rings. The number of hydrogen-bond acceptors (Lipinski definition) is 4. The minimum absolute atomic E-state index is 0.573. The number of benzene rings is 1. The van der Waals surface area contributed by atoms with Crippen LogP contribution in [0.25, 0.3) is 10.1 Å². The third kappa shape index (κ3) is 1.83. The summed E-state index contributed by atoms with van der Waals surface area (Å²) in [5.41, 5.74) is 7.07. The minimum atomic E-state index is 0.573. The molecular formula is C12H12N4S. The van der Waals surface area contributed by atoms with Crippen molar-refractivity contribution < 1.29 is 0 Å². The average Bonchev–Trinajstić information content (AvgIpc) is 2.98. The normalized spacial score (nSPS) is 11.1. The number of rotatable bonds is 3. The maximum atomic E-state index is 5.81. The molecule has 0 radical (unpaired) electrons. The van der Waals surface area contributed by atoms with Crippen LogP contribution in [-0.2, 0) is 13.1 Å².